The molecule has 37 heavy (non-hydrogen) atoms. The Morgan fingerprint density at radius 1 is 0.568 bits per heavy atom. The van der Waals surface area contributed by atoms with Gasteiger partial charge in [0.25, 0.3) is 0 Å². The van der Waals surface area contributed by atoms with Gasteiger partial charge in [0, 0.05) is 0 Å². The maximum Gasteiger partial charge on any atom is 0.124 e. The first-order chi connectivity index (χ1) is 17.1. The van der Waals surface area contributed by atoms with Crippen LogP contribution < -0.4 is 0 Å². The summed E-state index contributed by atoms with van der Waals surface area (Å²) in [6.45, 7) is 12.8. The van der Waals surface area contributed by atoms with Crippen LogP contribution in [-0.4, -0.2) is 25.9 Å². The number of allylic oxidation sites excluding steroid dienone is 8. The van der Waals surface area contributed by atoms with Gasteiger partial charge in [-0.15, -0.1) is 0 Å². The zero-order valence-electron chi connectivity index (χ0n) is 22.0. The van der Waals surface area contributed by atoms with Crippen molar-refractivity contribution in [3.8, 4) is 0 Å². The number of hydrogen-bond donors (Lipinski definition) is 0. The molecule has 0 aliphatic heterocycles. The van der Waals surface area contributed by atoms with Crippen LogP contribution in [0.25, 0.3) is 0 Å². The van der Waals surface area contributed by atoms with Crippen LogP contribution in [0.4, 0.5) is 0 Å². The first kappa shape index (κ1) is 31.3. The van der Waals surface area contributed by atoms with Crippen LogP contribution in [0.2, 0.25) is 0 Å². The molecule has 0 saturated carbocycles. The normalized spacial score (nSPS) is 15.2. The van der Waals surface area contributed by atoms with Crippen molar-refractivity contribution in [2.45, 2.75) is 64.2 Å². The summed E-state index contributed by atoms with van der Waals surface area (Å²) in [6.07, 6.45) is 7.30. The molecule has 0 unspecified atom stereocenters. The van der Waals surface area contributed by atoms with Gasteiger partial charge in [-0.3, -0.25) is 0 Å². The van der Waals surface area contributed by atoms with Gasteiger partial charge in [0.15, 0.2) is 0 Å². The molecule has 0 N–H and O–H groups in total. The molecule has 196 valence electrons. The third-order valence-electron chi connectivity index (χ3n) is 6.23. The van der Waals surface area contributed by atoms with E-state index in [1.807, 2.05) is 13.8 Å². The van der Waals surface area contributed by atoms with Crippen molar-refractivity contribution in [1.29, 1.82) is 0 Å². The summed E-state index contributed by atoms with van der Waals surface area (Å²) in [5.41, 5.74) is 8.10. The van der Waals surface area contributed by atoms with Crippen molar-refractivity contribution in [2.24, 2.45) is 0 Å². The molecule has 0 bridgehead atoms. The Balaban J connectivity index is 0.000000199. The largest absolute Gasteiger partial charge is 0.744 e. The molecule has 0 amide bonds. The molecule has 4 rings (SSSR count). The molecule has 0 saturated heterocycles. The van der Waals surface area contributed by atoms with E-state index in [4.69, 9.17) is 0 Å². The molecule has 0 fully saturated rings. The monoisotopic (exact) mass is 618 g/mol. The second kappa shape index (κ2) is 13.3. The Morgan fingerprint density at radius 3 is 1.08 bits per heavy atom. The maximum absolute atomic E-state index is 10.4. The Kier molecular flexibility index (Phi) is 11.2. The average Bonchev–Trinajstić information content (AvgIpc) is 3.30. The van der Waals surface area contributed by atoms with Gasteiger partial charge < -0.3 is 9.11 Å². The van der Waals surface area contributed by atoms with E-state index in [9.17, 15) is 25.9 Å². The van der Waals surface area contributed by atoms with Crippen molar-refractivity contribution in [3.05, 3.63) is 101 Å². The Hall–Kier alpha value is -1.90. The average molecular weight is 620 g/mol. The molecule has 2 aromatic rings. The van der Waals surface area contributed by atoms with Gasteiger partial charge in [-0.25, -0.2) is 16.8 Å². The molecule has 0 aromatic heterocycles. The second-order valence-corrected chi connectivity index (χ2v) is 15.4. The predicted octanol–water partition coefficient (Wildman–Crippen LogP) is 6.12. The van der Waals surface area contributed by atoms with E-state index in [1.165, 1.54) is 48.3 Å². The second-order valence-electron chi connectivity index (χ2n) is 9.05. The van der Waals surface area contributed by atoms with Crippen LogP contribution in [0.5, 0.6) is 0 Å². The van der Waals surface area contributed by atoms with Gasteiger partial charge >= 0.3 is 105 Å². The zero-order valence-corrected chi connectivity index (χ0v) is 26.0. The number of rotatable bonds is 4. The van der Waals surface area contributed by atoms with Gasteiger partial charge in [-0.2, -0.15) is 0 Å². The molecule has 2 aliphatic rings. The molecule has 2 aromatic carbocycles. The van der Waals surface area contributed by atoms with Crippen molar-refractivity contribution < 1.29 is 49.2 Å². The van der Waals surface area contributed by atoms with E-state index in [2.05, 4.69) is 39.8 Å². The SMILES string of the molecule is CC1=CC[C]([Zr+2][C]2=C(C)C(C)=CC2)=C1C.Cc1ccc(S(=O)(=O)[O-])cc1.Cc1ccc(S(=O)(=O)[O-])cc1. The summed E-state index contributed by atoms with van der Waals surface area (Å²) >= 11 is -0.438. The standard InChI is InChI=1S/2C7H8O3S.2C7H9.Zr/c2*1-6-2-4-7(5-3-6)11(8,9)10;2*1-6-4-3-5-7(6)2;/h2*2-5H,1H3,(H,8,9,10);2*4H,3H2,1-2H3;/q;;;;+2/p-2. The van der Waals surface area contributed by atoms with E-state index in [1.54, 1.807) is 42.0 Å². The van der Waals surface area contributed by atoms with Gasteiger partial charge in [-0.1, -0.05) is 35.4 Å². The van der Waals surface area contributed by atoms with E-state index in [0.29, 0.717) is 0 Å². The Bertz CT molecular complexity index is 1350. The molecule has 9 heteroatoms. The predicted molar refractivity (Wildman–Crippen MR) is 140 cm³/mol. The Morgan fingerprint density at radius 2 is 0.865 bits per heavy atom. The molecule has 0 atom stereocenters. The summed E-state index contributed by atoms with van der Waals surface area (Å²) in [5, 5.41) is 0. The van der Waals surface area contributed by atoms with Crippen LogP contribution >= 0.6 is 0 Å². The summed E-state index contributed by atoms with van der Waals surface area (Å²) in [7, 11) is -8.54. The zero-order chi connectivity index (χ0) is 28.0. The van der Waals surface area contributed by atoms with Crippen molar-refractivity contribution in [1.82, 2.24) is 0 Å². The minimum atomic E-state index is -4.27. The molecular weight excluding hydrogens is 588 g/mol. The molecule has 0 spiro atoms. The van der Waals surface area contributed by atoms with E-state index < -0.39 is 43.5 Å². The fourth-order valence-corrected chi connectivity index (χ4v) is 8.21. The number of benzene rings is 2. The smallest absolute Gasteiger partial charge is 0.124 e. The maximum atomic E-state index is 10.4. The number of hydrogen-bond acceptors (Lipinski definition) is 6. The first-order valence-corrected chi connectivity index (χ1v) is 16.9. The summed E-state index contributed by atoms with van der Waals surface area (Å²) in [6, 6.07) is 11.6. The van der Waals surface area contributed by atoms with Gasteiger partial charge in [0.05, 0.1) is 9.79 Å². The minimum absolute atomic E-state index is 0.178. The van der Waals surface area contributed by atoms with Crippen LogP contribution in [-0.2, 0) is 43.5 Å². The molecular formula is C28H32O6S2Zr. The van der Waals surface area contributed by atoms with Crippen molar-refractivity contribution >= 4 is 20.2 Å². The fraction of sp³-hybridized carbons (Fsp3) is 0.286. The van der Waals surface area contributed by atoms with Gasteiger partial charge in [0.2, 0.25) is 0 Å². The third-order valence-corrected chi connectivity index (χ3v) is 12.3. The topological polar surface area (TPSA) is 114 Å². The van der Waals surface area contributed by atoms with Gasteiger partial charge in [-0.05, 0) is 38.1 Å². The minimum Gasteiger partial charge on any atom is -0.744 e. The summed E-state index contributed by atoms with van der Waals surface area (Å²) < 4.78 is 65.9. The van der Waals surface area contributed by atoms with Crippen molar-refractivity contribution in [3.63, 3.8) is 0 Å². The van der Waals surface area contributed by atoms with Crippen LogP contribution in [0.3, 0.4) is 0 Å². The summed E-state index contributed by atoms with van der Waals surface area (Å²) in [4.78, 5) is -0.355. The number of aryl methyl sites for hydroxylation is 2. The quantitative estimate of drug-likeness (QED) is 0.381. The van der Waals surface area contributed by atoms with E-state index in [0.717, 1.165) is 11.1 Å². The molecule has 6 nitrogen and oxygen atoms in total. The van der Waals surface area contributed by atoms with Crippen LogP contribution in [0, 0.1) is 13.8 Å². The first-order valence-electron chi connectivity index (χ1n) is 11.7. The summed E-state index contributed by atoms with van der Waals surface area (Å²) in [5.74, 6) is 0. The van der Waals surface area contributed by atoms with Crippen LogP contribution in [0.15, 0.2) is 99.3 Å². The molecule has 0 radical (unpaired) electrons. The van der Waals surface area contributed by atoms with E-state index >= 15 is 0 Å². The van der Waals surface area contributed by atoms with Gasteiger partial charge in [0.1, 0.15) is 20.2 Å². The molecule has 0 heterocycles. The van der Waals surface area contributed by atoms with Crippen molar-refractivity contribution in [2.75, 3.05) is 0 Å². The third kappa shape index (κ3) is 9.73. The van der Waals surface area contributed by atoms with Crippen LogP contribution in [0.1, 0.15) is 51.7 Å². The molecule has 2 aliphatic carbocycles. The van der Waals surface area contributed by atoms with E-state index in [-0.39, 0.29) is 9.79 Å². The Labute approximate surface area is 233 Å². The fourth-order valence-electron chi connectivity index (χ4n) is 3.48.